The first kappa shape index (κ1) is 15.6. The van der Waals surface area contributed by atoms with Crippen LogP contribution in [0.5, 0.6) is 0 Å². The van der Waals surface area contributed by atoms with Crippen LogP contribution in [0.1, 0.15) is 18.1 Å². The van der Waals surface area contributed by atoms with Crippen LogP contribution >= 0.6 is 11.8 Å². The lowest BCUT2D eigenvalue weighted by atomic mass is 10.1. The third-order valence-electron chi connectivity index (χ3n) is 2.63. The zero-order chi connectivity index (χ0) is 15.6. The Morgan fingerprint density at radius 2 is 1.95 bits per heavy atom. The Morgan fingerprint density at radius 1 is 1.33 bits per heavy atom. The summed E-state index contributed by atoms with van der Waals surface area (Å²) >= 11 is 0.878. The fraction of sp³-hybridized carbons (Fsp3) is 0.308. The van der Waals surface area contributed by atoms with Gasteiger partial charge in [0.1, 0.15) is 5.04 Å². The molecule has 0 bridgehead atoms. The van der Waals surface area contributed by atoms with Crippen LogP contribution in [0.15, 0.2) is 29.3 Å². The second-order valence-electron chi connectivity index (χ2n) is 4.08. The molecule has 0 N–H and O–H groups in total. The molecule has 112 valence electrons. The van der Waals surface area contributed by atoms with E-state index in [1.807, 2.05) is 0 Å². The van der Waals surface area contributed by atoms with Gasteiger partial charge in [0.05, 0.1) is 12.2 Å². The highest BCUT2D eigenvalue weighted by atomic mass is 32.2. The largest absolute Gasteiger partial charge is 0.465 e. The van der Waals surface area contributed by atoms with Gasteiger partial charge >= 0.3 is 12.1 Å². The number of benzene rings is 1. The molecule has 0 fully saturated rings. The second kappa shape index (κ2) is 5.88. The molecule has 1 aromatic rings. The lowest BCUT2D eigenvalue weighted by Gasteiger charge is -2.08. The molecule has 1 aliphatic heterocycles. The zero-order valence-corrected chi connectivity index (χ0v) is 11.6. The molecule has 1 unspecified atom stereocenters. The number of esters is 1. The molecule has 8 heteroatoms. The molecule has 0 saturated carbocycles. The van der Waals surface area contributed by atoms with Crippen molar-refractivity contribution in [3.63, 3.8) is 0 Å². The van der Waals surface area contributed by atoms with Crippen molar-refractivity contribution in [2.45, 2.75) is 18.3 Å². The van der Waals surface area contributed by atoms with Gasteiger partial charge in [0, 0.05) is 5.56 Å². The van der Waals surface area contributed by atoms with E-state index in [-0.39, 0.29) is 11.7 Å². The summed E-state index contributed by atoms with van der Waals surface area (Å²) in [6, 6.07) is 4.24. The Labute approximate surface area is 122 Å². The first-order chi connectivity index (χ1) is 9.82. The summed E-state index contributed by atoms with van der Waals surface area (Å²) in [6.07, 6.45) is -4.42. The van der Waals surface area contributed by atoms with E-state index >= 15 is 0 Å². The number of ether oxygens (including phenoxy) is 1. The van der Waals surface area contributed by atoms with E-state index in [4.69, 9.17) is 4.74 Å². The smallest absolute Gasteiger partial charge is 0.416 e. The molecular weight excluding hydrogens is 307 g/mol. The van der Waals surface area contributed by atoms with E-state index < -0.39 is 28.9 Å². The Balaban J connectivity index is 2.15. The molecule has 0 radical (unpaired) electrons. The average molecular weight is 317 g/mol. The van der Waals surface area contributed by atoms with Crippen LogP contribution in [0.3, 0.4) is 0 Å². The molecule has 2 rings (SSSR count). The van der Waals surface area contributed by atoms with Crippen LogP contribution in [0.25, 0.3) is 0 Å². The SMILES string of the molecule is CCOC(=O)C1SC(c2ccc(C(F)(F)F)cc2)=NC1=O. The third-order valence-corrected chi connectivity index (χ3v) is 3.81. The number of carbonyl (C=O) groups excluding carboxylic acids is 2. The summed E-state index contributed by atoms with van der Waals surface area (Å²) in [6.45, 7) is 1.75. The minimum atomic E-state index is -4.42. The monoisotopic (exact) mass is 317 g/mol. The van der Waals surface area contributed by atoms with Gasteiger partial charge in [-0.3, -0.25) is 9.59 Å². The molecule has 4 nitrogen and oxygen atoms in total. The Morgan fingerprint density at radius 3 is 2.48 bits per heavy atom. The number of aliphatic imine (C=N–C) groups is 1. The number of halogens is 3. The third kappa shape index (κ3) is 3.44. The number of carbonyl (C=O) groups is 2. The maximum atomic E-state index is 12.5. The summed E-state index contributed by atoms with van der Waals surface area (Å²) in [5.74, 6) is -1.36. The first-order valence-corrected chi connectivity index (χ1v) is 6.84. The predicted molar refractivity (Wildman–Crippen MR) is 71.0 cm³/mol. The zero-order valence-electron chi connectivity index (χ0n) is 10.8. The van der Waals surface area contributed by atoms with Crippen molar-refractivity contribution in [2.24, 2.45) is 4.99 Å². The number of amides is 1. The van der Waals surface area contributed by atoms with Gasteiger partial charge in [-0.1, -0.05) is 23.9 Å². The van der Waals surface area contributed by atoms with Gasteiger partial charge in [-0.15, -0.1) is 0 Å². The van der Waals surface area contributed by atoms with Gasteiger partial charge in [0.15, 0.2) is 5.25 Å². The highest BCUT2D eigenvalue weighted by Gasteiger charge is 2.36. The fourth-order valence-corrected chi connectivity index (χ4v) is 2.60. The topological polar surface area (TPSA) is 55.7 Å². The predicted octanol–water partition coefficient (Wildman–Crippen LogP) is 2.66. The molecule has 0 saturated heterocycles. The number of nitrogens with zero attached hydrogens (tertiary/aromatic N) is 1. The summed E-state index contributed by atoms with van der Waals surface area (Å²) < 4.78 is 42.1. The van der Waals surface area contributed by atoms with Crippen molar-refractivity contribution in [2.75, 3.05) is 6.61 Å². The van der Waals surface area contributed by atoms with Gasteiger partial charge in [0.2, 0.25) is 0 Å². The van der Waals surface area contributed by atoms with Gasteiger partial charge in [-0.2, -0.15) is 13.2 Å². The van der Waals surface area contributed by atoms with Gasteiger partial charge < -0.3 is 4.74 Å². The Bertz CT molecular complexity index is 596. The summed E-state index contributed by atoms with van der Waals surface area (Å²) in [4.78, 5) is 26.8. The molecule has 1 heterocycles. The Hall–Kier alpha value is -1.83. The molecule has 1 atom stereocenters. The Kier molecular flexibility index (Phi) is 4.36. The van der Waals surface area contributed by atoms with Crippen LogP contribution in [-0.2, 0) is 20.5 Å². The number of hydrogen-bond acceptors (Lipinski definition) is 4. The number of rotatable bonds is 3. The van der Waals surface area contributed by atoms with Gasteiger partial charge in [-0.25, -0.2) is 4.99 Å². The van der Waals surface area contributed by atoms with E-state index in [1.54, 1.807) is 6.92 Å². The van der Waals surface area contributed by atoms with Gasteiger partial charge in [-0.05, 0) is 19.1 Å². The number of alkyl halides is 3. The van der Waals surface area contributed by atoms with Crippen molar-refractivity contribution < 1.29 is 27.5 Å². The second-order valence-corrected chi connectivity index (χ2v) is 5.17. The minimum Gasteiger partial charge on any atom is -0.465 e. The van der Waals surface area contributed by atoms with E-state index in [1.165, 1.54) is 12.1 Å². The molecule has 0 aromatic heterocycles. The number of hydrogen-bond donors (Lipinski definition) is 0. The van der Waals surface area contributed by atoms with Crippen molar-refractivity contribution in [1.82, 2.24) is 0 Å². The quantitative estimate of drug-likeness (QED) is 0.635. The van der Waals surface area contributed by atoms with Crippen LogP contribution in [0.4, 0.5) is 13.2 Å². The van der Waals surface area contributed by atoms with E-state index in [9.17, 15) is 22.8 Å². The highest BCUT2D eigenvalue weighted by molar-refractivity contribution is 8.16. The highest BCUT2D eigenvalue weighted by Crippen LogP contribution is 2.32. The number of thioether (sulfide) groups is 1. The van der Waals surface area contributed by atoms with Crippen LogP contribution in [0.2, 0.25) is 0 Å². The molecule has 1 amide bonds. The normalized spacial score (nSPS) is 18.6. The standard InChI is InChI=1S/C13H10F3NO3S/c1-2-20-12(19)9-10(18)17-11(21-9)7-3-5-8(6-4-7)13(14,15)16/h3-6,9H,2H2,1H3. The average Bonchev–Trinajstić information content (AvgIpc) is 2.80. The van der Waals surface area contributed by atoms with Crippen LogP contribution < -0.4 is 0 Å². The lowest BCUT2D eigenvalue weighted by Crippen LogP contribution is -2.25. The molecule has 0 spiro atoms. The van der Waals surface area contributed by atoms with Crippen LogP contribution in [0, 0.1) is 0 Å². The van der Waals surface area contributed by atoms with Gasteiger partial charge in [0.25, 0.3) is 5.91 Å². The minimum absolute atomic E-state index is 0.138. The van der Waals surface area contributed by atoms with Crippen molar-refractivity contribution in [3.05, 3.63) is 35.4 Å². The van der Waals surface area contributed by atoms with Crippen molar-refractivity contribution in [1.29, 1.82) is 0 Å². The van der Waals surface area contributed by atoms with Crippen molar-refractivity contribution >= 4 is 28.7 Å². The van der Waals surface area contributed by atoms with E-state index in [0.717, 1.165) is 23.9 Å². The molecule has 21 heavy (non-hydrogen) atoms. The molecular formula is C13H10F3NO3S. The molecule has 1 aromatic carbocycles. The maximum absolute atomic E-state index is 12.5. The molecule has 0 aliphatic carbocycles. The summed E-state index contributed by atoms with van der Waals surface area (Å²) in [7, 11) is 0. The summed E-state index contributed by atoms with van der Waals surface area (Å²) in [5, 5.41) is -0.867. The van der Waals surface area contributed by atoms with E-state index in [2.05, 4.69) is 4.99 Å². The lowest BCUT2D eigenvalue weighted by molar-refractivity contribution is -0.144. The summed E-state index contributed by atoms with van der Waals surface area (Å²) in [5.41, 5.74) is -0.434. The van der Waals surface area contributed by atoms with E-state index in [0.29, 0.717) is 5.56 Å². The first-order valence-electron chi connectivity index (χ1n) is 5.96. The molecule has 1 aliphatic rings. The fourth-order valence-electron chi connectivity index (χ4n) is 1.65. The van der Waals surface area contributed by atoms with Crippen LogP contribution in [-0.4, -0.2) is 28.8 Å². The van der Waals surface area contributed by atoms with Crippen molar-refractivity contribution in [3.8, 4) is 0 Å². The maximum Gasteiger partial charge on any atom is 0.416 e.